The molecule has 0 aliphatic carbocycles. The molecule has 0 spiro atoms. The molecule has 86 valence electrons. The molecule has 0 fully saturated rings. The standard InChI is InChI=1S/C13H18N2O/c1-9(2)15-12-8-11(14)7-6-10(12)4-3-5-13(15)16/h6-9H,3-5,14H2,1-2H3. The van der Waals surface area contributed by atoms with Gasteiger partial charge < -0.3 is 10.6 Å². The molecule has 1 aliphatic heterocycles. The fraction of sp³-hybridized carbons (Fsp3) is 0.462. The van der Waals surface area contributed by atoms with Gasteiger partial charge >= 0.3 is 0 Å². The molecule has 0 bridgehead atoms. The van der Waals surface area contributed by atoms with Gasteiger partial charge in [-0.15, -0.1) is 0 Å². The molecule has 2 N–H and O–H groups in total. The SMILES string of the molecule is CC(C)N1C(=O)CCCc2ccc(N)cc21. The number of nitrogen functional groups attached to an aromatic ring is 1. The van der Waals surface area contributed by atoms with Crippen molar-refractivity contribution in [2.24, 2.45) is 0 Å². The second kappa shape index (κ2) is 4.16. The molecule has 3 nitrogen and oxygen atoms in total. The topological polar surface area (TPSA) is 46.3 Å². The molecule has 2 rings (SSSR count). The van der Waals surface area contributed by atoms with Crippen LogP contribution in [-0.2, 0) is 11.2 Å². The average Bonchev–Trinajstić information content (AvgIpc) is 2.35. The summed E-state index contributed by atoms with van der Waals surface area (Å²) in [4.78, 5) is 13.9. The Hall–Kier alpha value is -1.51. The Labute approximate surface area is 96.2 Å². The number of amides is 1. The zero-order valence-electron chi connectivity index (χ0n) is 9.86. The molecule has 1 aromatic carbocycles. The fourth-order valence-corrected chi connectivity index (χ4v) is 2.27. The number of rotatable bonds is 1. The van der Waals surface area contributed by atoms with Gasteiger partial charge in [-0.25, -0.2) is 0 Å². The highest BCUT2D eigenvalue weighted by molar-refractivity contribution is 5.95. The summed E-state index contributed by atoms with van der Waals surface area (Å²) >= 11 is 0. The highest BCUT2D eigenvalue weighted by Crippen LogP contribution is 2.30. The molecule has 0 saturated carbocycles. The van der Waals surface area contributed by atoms with Gasteiger partial charge in [0.05, 0.1) is 0 Å². The van der Waals surface area contributed by atoms with Crippen LogP contribution in [0.25, 0.3) is 0 Å². The van der Waals surface area contributed by atoms with Gasteiger partial charge in [0, 0.05) is 23.8 Å². The Morgan fingerprint density at radius 3 is 2.75 bits per heavy atom. The van der Waals surface area contributed by atoms with Crippen molar-refractivity contribution in [1.29, 1.82) is 0 Å². The average molecular weight is 218 g/mol. The number of carbonyl (C=O) groups excluding carboxylic acids is 1. The van der Waals surface area contributed by atoms with Crippen molar-refractivity contribution in [1.82, 2.24) is 0 Å². The van der Waals surface area contributed by atoms with Crippen molar-refractivity contribution in [3.05, 3.63) is 23.8 Å². The molecule has 1 aliphatic rings. The second-order valence-electron chi connectivity index (χ2n) is 4.60. The largest absolute Gasteiger partial charge is 0.399 e. The maximum atomic E-state index is 12.0. The van der Waals surface area contributed by atoms with Gasteiger partial charge in [-0.2, -0.15) is 0 Å². The lowest BCUT2D eigenvalue weighted by Gasteiger charge is -2.27. The van der Waals surface area contributed by atoms with E-state index in [0.29, 0.717) is 6.42 Å². The molecule has 1 amide bonds. The van der Waals surface area contributed by atoms with Crippen LogP contribution < -0.4 is 10.6 Å². The predicted octanol–water partition coefficient (Wildman–Crippen LogP) is 2.35. The third-order valence-corrected chi connectivity index (χ3v) is 2.99. The van der Waals surface area contributed by atoms with E-state index in [2.05, 4.69) is 0 Å². The maximum absolute atomic E-state index is 12.0. The zero-order chi connectivity index (χ0) is 11.7. The fourth-order valence-electron chi connectivity index (χ4n) is 2.27. The van der Waals surface area contributed by atoms with E-state index in [1.54, 1.807) is 0 Å². The number of hydrogen-bond acceptors (Lipinski definition) is 2. The van der Waals surface area contributed by atoms with Crippen LogP contribution in [0.15, 0.2) is 18.2 Å². The first-order valence-corrected chi connectivity index (χ1v) is 5.80. The molecule has 0 unspecified atom stereocenters. The summed E-state index contributed by atoms with van der Waals surface area (Å²) in [5, 5.41) is 0. The Bertz CT molecular complexity index is 412. The van der Waals surface area contributed by atoms with Gasteiger partial charge in [0.2, 0.25) is 5.91 Å². The van der Waals surface area contributed by atoms with E-state index in [9.17, 15) is 4.79 Å². The Morgan fingerprint density at radius 1 is 1.31 bits per heavy atom. The van der Waals surface area contributed by atoms with Crippen LogP contribution in [0, 0.1) is 0 Å². The van der Waals surface area contributed by atoms with Crippen LogP contribution in [0.3, 0.4) is 0 Å². The first-order chi connectivity index (χ1) is 7.59. The van der Waals surface area contributed by atoms with E-state index >= 15 is 0 Å². The molecule has 16 heavy (non-hydrogen) atoms. The number of aryl methyl sites for hydroxylation is 1. The minimum Gasteiger partial charge on any atom is -0.399 e. The number of hydrogen-bond donors (Lipinski definition) is 1. The summed E-state index contributed by atoms with van der Waals surface area (Å²) in [6, 6.07) is 6.05. The van der Waals surface area contributed by atoms with Crippen LogP contribution in [0.4, 0.5) is 11.4 Å². The summed E-state index contributed by atoms with van der Waals surface area (Å²) < 4.78 is 0. The molecule has 1 heterocycles. The van der Waals surface area contributed by atoms with E-state index < -0.39 is 0 Å². The Kier molecular flexibility index (Phi) is 2.86. The lowest BCUT2D eigenvalue weighted by molar-refractivity contribution is -0.118. The Balaban J connectivity index is 2.52. The summed E-state index contributed by atoms with van der Waals surface area (Å²) in [6.07, 6.45) is 2.52. The zero-order valence-corrected chi connectivity index (χ0v) is 9.86. The van der Waals surface area contributed by atoms with E-state index in [-0.39, 0.29) is 11.9 Å². The highest BCUT2D eigenvalue weighted by atomic mass is 16.2. The van der Waals surface area contributed by atoms with E-state index in [1.807, 2.05) is 36.9 Å². The van der Waals surface area contributed by atoms with Gasteiger partial charge in [-0.3, -0.25) is 4.79 Å². The molecule has 3 heteroatoms. The van der Waals surface area contributed by atoms with Crippen LogP contribution >= 0.6 is 0 Å². The summed E-state index contributed by atoms with van der Waals surface area (Å²) in [6.45, 7) is 4.08. The van der Waals surface area contributed by atoms with E-state index in [1.165, 1.54) is 5.56 Å². The number of carbonyl (C=O) groups is 1. The first kappa shape index (κ1) is 11.0. The highest BCUT2D eigenvalue weighted by Gasteiger charge is 2.24. The van der Waals surface area contributed by atoms with Crippen LogP contribution in [0.5, 0.6) is 0 Å². The van der Waals surface area contributed by atoms with Gasteiger partial charge in [0.1, 0.15) is 0 Å². The second-order valence-corrected chi connectivity index (χ2v) is 4.60. The number of benzene rings is 1. The van der Waals surface area contributed by atoms with Gasteiger partial charge in [-0.1, -0.05) is 6.07 Å². The Morgan fingerprint density at radius 2 is 2.06 bits per heavy atom. The minimum absolute atomic E-state index is 0.186. The van der Waals surface area contributed by atoms with Crippen LogP contribution in [0.2, 0.25) is 0 Å². The molecular weight excluding hydrogens is 200 g/mol. The molecule has 1 aromatic rings. The summed E-state index contributed by atoms with van der Waals surface area (Å²) in [5.41, 5.74) is 8.75. The normalized spacial score (nSPS) is 16.2. The molecule has 0 aromatic heterocycles. The van der Waals surface area contributed by atoms with Crippen molar-refractivity contribution in [2.45, 2.75) is 39.2 Å². The predicted molar refractivity (Wildman–Crippen MR) is 66.4 cm³/mol. The van der Waals surface area contributed by atoms with Crippen molar-refractivity contribution < 1.29 is 4.79 Å². The van der Waals surface area contributed by atoms with Crippen molar-refractivity contribution in [3.8, 4) is 0 Å². The minimum atomic E-state index is 0.186. The van der Waals surface area contributed by atoms with E-state index in [4.69, 9.17) is 5.73 Å². The molecular formula is C13H18N2O. The third kappa shape index (κ3) is 1.90. The van der Waals surface area contributed by atoms with Crippen molar-refractivity contribution in [3.63, 3.8) is 0 Å². The molecule has 0 saturated heterocycles. The van der Waals surface area contributed by atoms with E-state index in [0.717, 1.165) is 24.2 Å². The lowest BCUT2D eigenvalue weighted by Crippen LogP contribution is -2.36. The number of nitrogens with two attached hydrogens (primary N) is 1. The number of anilines is 2. The number of fused-ring (bicyclic) bond motifs is 1. The molecule has 0 atom stereocenters. The smallest absolute Gasteiger partial charge is 0.227 e. The van der Waals surface area contributed by atoms with Gasteiger partial charge in [0.15, 0.2) is 0 Å². The van der Waals surface area contributed by atoms with Gasteiger partial charge in [-0.05, 0) is 44.4 Å². The monoisotopic (exact) mass is 218 g/mol. The maximum Gasteiger partial charge on any atom is 0.227 e. The lowest BCUT2D eigenvalue weighted by atomic mass is 10.1. The summed E-state index contributed by atoms with van der Waals surface area (Å²) in [7, 11) is 0. The van der Waals surface area contributed by atoms with Crippen molar-refractivity contribution >= 4 is 17.3 Å². The van der Waals surface area contributed by atoms with Crippen molar-refractivity contribution in [2.75, 3.05) is 10.6 Å². The third-order valence-electron chi connectivity index (χ3n) is 2.99. The molecule has 0 radical (unpaired) electrons. The number of nitrogens with zero attached hydrogens (tertiary/aromatic N) is 1. The van der Waals surface area contributed by atoms with Crippen LogP contribution in [0.1, 0.15) is 32.3 Å². The summed E-state index contributed by atoms with van der Waals surface area (Å²) in [5.74, 6) is 0.208. The van der Waals surface area contributed by atoms with Gasteiger partial charge in [0.25, 0.3) is 0 Å². The quantitative estimate of drug-likeness (QED) is 0.735. The van der Waals surface area contributed by atoms with Crippen LogP contribution in [-0.4, -0.2) is 11.9 Å². The first-order valence-electron chi connectivity index (χ1n) is 5.80.